The number of carbonyl (C=O) groups is 2. The number of hydrogen-bond donors (Lipinski definition) is 1. The Morgan fingerprint density at radius 3 is 3.05 bits per heavy atom. The molecule has 1 saturated heterocycles. The molecule has 3 rings (SSSR count). The SMILES string of the molecule is C[C@H]1CCc2sc(C(=O)N3CCOC[C@H]3C(=O)O)cc2C1. The molecule has 1 aromatic heterocycles. The number of nitrogens with zero attached hydrogens (tertiary/aromatic N) is 1. The van der Waals surface area contributed by atoms with Crippen LogP contribution in [-0.4, -0.2) is 47.7 Å². The maximum atomic E-state index is 12.6. The summed E-state index contributed by atoms with van der Waals surface area (Å²) >= 11 is 1.53. The van der Waals surface area contributed by atoms with Crippen LogP contribution < -0.4 is 0 Å². The van der Waals surface area contributed by atoms with E-state index in [2.05, 4.69) is 6.92 Å². The first-order chi connectivity index (χ1) is 10.1. The molecule has 5 nitrogen and oxygen atoms in total. The Hall–Kier alpha value is -1.40. The summed E-state index contributed by atoms with van der Waals surface area (Å²) in [6.45, 7) is 3.04. The fraction of sp³-hybridized carbons (Fsp3) is 0.600. The number of aliphatic carboxylic acids is 1. The lowest BCUT2D eigenvalue weighted by Crippen LogP contribution is -2.52. The summed E-state index contributed by atoms with van der Waals surface area (Å²) < 4.78 is 5.18. The summed E-state index contributed by atoms with van der Waals surface area (Å²) in [5.74, 6) is -0.513. The minimum Gasteiger partial charge on any atom is -0.480 e. The van der Waals surface area contributed by atoms with Crippen LogP contribution in [0.4, 0.5) is 0 Å². The highest BCUT2D eigenvalue weighted by Crippen LogP contribution is 2.33. The molecule has 1 fully saturated rings. The van der Waals surface area contributed by atoms with Gasteiger partial charge in [-0.15, -0.1) is 11.3 Å². The maximum Gasteiger partial charge on any atom is 0.328 e. The lowest BCUT2D eigenvalue weighted by molar-refractivity contribution is -0.147. The largest absolute Gasteiger partial charge is 0.480 e. The van der Waals surface area contributed by atoms with Crippen LogP contribution in [0, 0.1) is 5.92 Å². The van der Waals surface area contributed by atoms with Crippen LogP contribution in [0.2, 0.25) is 0 Å². The number of fused-ring (bicyclic) bond motifs is 1. The fourth-order valence-electron chi connectivity index (χ4n) is 3.00. The van der Waals surface area contributed by atoms with Crippen molar-refractivity contribution in [1.29, 1.82) is 0 Å². The van der Waals surface area contributed by atoms with Gasteiger partial charge in [-0.2, -0.15) is 0 Å². The van der Waals surface area contributed by atoms with Crippen molar-refractivity contribution in [3.63, 3.8) is 0 Å². The number of aryl methyl sites for hydroxylation is 1. The van der Waals surface area contributed by atoms with E-state index in [1.54, 1.807) is 0 Å². The first-order valence-corrected chi connectivity index (χ1v) is 8.11. The first kappa shape index (κ1) is 14.5. The normalized spacial score (nSPS) is 25.5. The van der Waals surface area contributed by atoms with Gasteiger partial charge in [-0.25, -0.2) is 4.79 Å². The molecule has 0 spiro atoms. The van der Waals surface area contributed by atoms with Gasteiger partial charge >= 0.3 is 5.97 Å². The van der Waals surface area contributed by atoms with E-state index in [1.807, 2.05) is 6.07 Å². The third kappa shape index (κ3) is 2.82. The number of carboxylic acids is 1. The van der Waals surface area contributed by atoms with Gasteiger partial charge in [0.2, 0.25) is 0 Å². The third-order valence-corrected chi connectivity index (χ3v) is 5.44. The lowest BCUT2D eigenvalue weighted by atomic mass is 9.90. The molecular formula is C15H19NO4S. The van der Waals surface area contributed by atoms with Crippen molar-refractivity contribution >= 4 is 23.2 Å². The van der Waals surface area contributed by atoms with Crippen LogP contribution in [0.15, 0.2) is 6.07 Å². The molecular weight excluding hydrogens is 290 g/mol. The Morgan fingerprint density at radius 2 is 2.29 bits per heavy atom. The second-order valence-corrected chi connectivity index (χ2v) is 6.97. The van der Waals surface area contributed by atoms with Gasteiger partial charge in [0.25, 0.3) is 5.91 Å². The smallest absolute Gasteiger partial charge is 0.328 e. The van der Waals surface area contributed by atoms with Crippen LogP contribution in [0.3, 0.4) is 0 Å². The molecule has 0 saturated carbocycles. The van der Waals surface area contributed by atoms with Gasteiger partial charge in [0.15, 0.2) is 6.04 Å². The van der Waals surface area contributed by atoms with Crippen LogP contribution in [0.25, 0.3) is 0 Å². The summed E-state index contributed by atoms with van der Waals surface area (Å²) in [6, 6.07) is 1.09. The Labute approximate surface area is 127 Å². The van der Waals surface area contributed by atoms with Gasteiger partial charge < -0.3 is 14.7 Å². The average Bonchev–Trinajstić information content (AvgIpc) is 2.89. The summed E-state index contributed by atoms with van der Waals surface area (Å²) in [7, 11) is 0. The van der Waals surface area contributed by atoms with Gasteiger partial charge in [0, 0.05) is 11.4 Å². The van der Waals surface area contributed by atoms with Crippen LogP contribution in [0.1, 0.15) is 33.5 Å². The van der Waals surface area contributed by atoms with E-state index in [0.29, 0.717) is 23.9 Å². The van der Waals surface area contributed by atoms with Gasteiger partial charge in [-0.1, -0.05) is 6.92 Å². The zero-order valence-electron chi connectivity index (χ0n) is 12.0. The van der Waals surface area contributed by atoms with Crippen LogP contribution in [0.5, 0.6) is 0 Å². The third-order valence-electron chi connectivity index (χ3n) is 4.21. The number of morpholine rings is 1. The Bertz CT molecular complexity index is 568. The van der Waals surface area contributed by atoms with Crippen LogP contribution >= 0.6 is 11.3 Å². The molecule has 2 atom stereocenters. The van der Waals surface area contributed by atoms with E-state index >= 15 is 0 Å². The monoisotopic (exact) mass is 309 g/mol. The molecule has 6 heteroatoms. The predicted octanol–water partition coefficient (Wildman–Crippen LogP) is 1.80. The topological polar surface area (TPSA) is 66.8 Å². The van der Waals surface area contributed by atoms with Gasteiger partial charge in [0.05, 0.1) is 18.1 Å². The number of hydrogen-bond acceptors (Lipinski definition) is 4. The maximum absolute atomic E-state index is 12.6. The first-order valence-electron chi connectivity index (χ1n) is 7.29. The molecule has 1 aliphatic heterocycles. The standard InChI is InChI=1S/C15H19NO4S/c1-9-2-3-12-10(6-9)7-13(21-12)14(17)16-4-5-20-8-11(16)15(18)19/h7,9,11H,2-6,8H2,1H3,(H,18,19)/t9-,11-/m0/s1. The highest BCUT2D eigenvalue weighted by Gasteiger charge is 2.34. The van der Waals surface area contributed by atoms with E-state index in [4.69, 9.17) is 4.74 Å². The Kier molecular flexibility index (Phi) is 3.99. The van der Waals surface area contributed by atoms with E-state index in [-0.39, 0.29) is 12.5 Å². The van der Waals surface area contributed by atoms with Crippen molar-refractivity contribution in [1.82, 2.24) is 4.90 Å². The van der Waals surface area contributed by atoms with Gasteiger partial charge in [-0.3, -0.25) is 4.79 Å². The summed E-state index contributed by atoms with van der Waals surface area (Å²) in [4.78, 5) is 27.3. The van der Waals surface area contributed by atoms with E-state index in [0.717, 1.165) is 19.3 Å². The molecule has 0 aromatic carbocycles. The highest BCUT2D eigenvalue weighted by atomic mass is 32.1. The molecule has 1 amide bonds. The molecule has 0 bridgehead atoms. The predicted molar refractivity (Wildman–Crippen MR) is 78.8 cm³/mol. The van der Waals surface area contributed by atoms with E-state index < -0.39 is 12.0 Å². The second-order valence-electron chi connectivity index (χ2n) is 5.83. The number of amides is 1. The van der Waals surface area contributed by atoms with Gasteiger partial charge in [0.1, 0.15) is 0 Å². The van der Waals surface area contributed by atoms with Crippen molar-refractivity contribution in [2.45, 2.75) is 32.2 Å². The number of thiophene rings is 1. The summed E-state index contributed by atoms with van der Waals surface area (Å²) in [5.41, 5.74) is 1.27. The molecule has 0 unspecified atom stereocenters. The lowest BCUT2D eigenvalue weighted by Gasteiger charge is -2.32. The summed E-state index contributed by atoms with van der Waals surface area (Å²) in [5, 5.41) is 9.23. The number of rotatable bonds is 2. The van der Waals surface area contributed by atoms with Crippen molar-refractivity contribution in [2.24, 2.45) is 5.92 Å². The minimum atomic E-state index is -1.00. The fourth-order valence-corrected chi connectivity index (χ4v) is 4.17. The number of carbonyl (C=O) groups excluding carboxylic acids is 1. The molecule has 2 aliphatic rings. The van der Waals surface area contributed by atoms with E-state index in [1.165, 1.54) is 26.7 Å². The highest BCUT2D eigenvalue weighted by molar-refractivity contribution is 7.14. The summed E-state index contributed by atoms with van der Waals surface area (Å²) in [6.07, 6.45) is 3.21. The molecule has 21 heavy (non-hydrogen) atoms. The van der Waals surface area contributed by atoms with Crippen LogP contribution in [-0.2, 0) is 22.4 Å². The van der Waals surface area contributed by atoms with Gasteiger partial charge in [-0.05, 0) is 36.8 Å². The van der Waals surface area contributed by atoms with E-state index in [9.17, 15) is 14.7 Å². The molecule has 1 aromatic rings. The minimum absolute atomic E-state index is 0.0726. The zero-order valence-corrected chi connectivity index (χ0v) is 12.8. The van der Waals surface area contributed by atoms with Crippen molar-refractivity contribution in [3.05, 3.63) is 21.4 Å². The Morgan fingerprint density at radius 1 is 1.48 bits per heavy atom. The quantitative estimate of drug-likeness (QED) is 0.904. The molecule has 114 valence electrons. The number of carboxylic acid groups (broad SMARTS) is 1. The molecule has 1 aliphatic carbocycles. The average molecular weight is 309 g/mol. The van der Waals surface area contributed by atoms with Crippen molar-refractivity contribution < 1.29 is 19.4 Å². The van der Waals surface area contributed by atoms with Crippen molar-refractivity contribution in [3.8, 4) is 0 Å². The second kappa shape index (κ2) is 5.77. The molecule has 1 N–H and O–H groups in total. The number of ether oxygens (including phenoxy) is 1. The zero-order chi connectivity index (χ0) is 15.0. The molecule has 0 radical (unpaired) electrons. The van der Waals surface area contributed by atoms with Crippen molar-refractivity contribution in [2.75, 3.05) is 19.8 Å². The Balaban J connectivity index is 1.83. The molecule has 2 heterocycles.